The molecule has 1 aromatic carbocycles. The summed E-state index contributed by atoms with van der Waals surface area (Å²) in [5.41, 5.74) is 3.45. The molecule has 0 aliphatic heterocycles. The molecule has 1 N–H and O–H groups in total. The topological polar surface area (TPSA) is 46.5 Å². The predicted octanol–water partition coefficient (Wildman–Crippen LogP) is 4.75. The van der Waals surface area contributed by atoms with E-state index in [2.05, 4.69) is 27.7 Å². The average Bonchev–Trinajstić information content (AvgIpc) is 2.43. The Hall–Kier alpha value is -1.51. The quantitative estimate of drug-likeness (QED) is 0.630. The molecule has 0 aliphatic carbocycles. The number of phenolic OH excluding ortho intramolecular Hbond substituents is 1. The molecule has 1 aromatic rings. The van der Waals surface area contributed by atoms with Crippen LogP contribution in [0.4, 0.5) is 0 Å². The molecular weight excluding hydrogens is 276 g/mol. The maximum absolute atomic E-state index is 12.2. The summed E-state index contributed by atoms with van der Waals surface area (Å²) in [5.74, 6) is -0.181. The van der Waals surface area contributed by atoms with Crippen molar-refractivity contribution in [3.63, 3.8) is 0 Å². The Bertz CT molecular complexity index is 539. The maximum Gasteiger partial charge on any atom is 0.313 e. The monoisotopic (exact) mass is 306 g/mol. The molecule has 0 spiro atoms. The number of rotatable bonds is 5. The van der Waals surface area contributed by atoms with Gasteiger partial charge in [0, 0.05) is 0 Å². The molecule has 1 atom stereocenters. The van der Waals surface area contributed by atoms with Crippen LogP contribution in [-0.4, -0.2) is 17.7 Å². The average molecular weight is 306 g/mol. The van der Waals surface area contributed by atoms with Gasteiger partial charge in [0.1, 0.15) is 5.75 Å². The van der Waals surface area contributed by atoms with Crippen LogP contribution in [-0.2, 0) is 14.9 Å². The van der Waals surface area contributed by atoms with Crippen LogP contribution in [0.2, 0.25) is 0 Å². The molecule has 1 unspecified atom stereocenters. The Balaban J connectivity index is 3.19. The number of aromatic hydroxyl groups is 1. The molecule has 3 heteroatoms. The Labute approximate surface area is 134 Å². The number of esters is 1. The van der Waals surface area contributed by atoms with Crippen molar-refractivity contribution >= 4 is 5.97 Å². The first-order valence-electron chi connectivity index (χ1n) is 8.11. The molecule has 0 saturated carbocycles. The van der Waals surface area contributed by atoms with E-state index < -0.39 is 0 Å². The molecule has 0 bridgehead atoms. The van der Waals surface area contributed by atoms with Crippen LogP contribution in [0.15, 0.2) is 6.07 Å². The van der Waals surface area contributed by atoms with Crippen LogP contribution >= 0.6 is 0 Å². The largest absolute Gasteiger partial charge is 0.507 e. The van der Waals surface area contributed by atoms with Crippen molar-refractivity contribution in [2.45, 2.75) is 72.6 Å². The van der Waals surface area contributed by atoms with E-state index in [1.807, 2.05) is 26.8 Å². The Morgan fingerprint density at radius 1 is 1.27 bits per heavy atom. The zero-order valence-corrected chi connectivity index (χ0v) is 15.0. The predicted molar refractivity (Wildman–Crippen MR) is 90.6 cm³/mol. The summed E-state index contributed by atoms with van der Waals surface area (Å²) in [6.07, 6.45) is 1.90. The molecule has 0 radical (unpaired) electrons. The summed E-state index contributed by atoms with van der Waals surface area (Å²) in [7, 11) is 0. The third-order valence-electron chi connectivity index (χ3n) is 4.28. The van der Waals surface area contributed by atoms with Gasteiger partial charge < -0.3 is 9.84 Å². The van der Waals surface area contributed by atoms with Crippen molar-refractivity contribution in [2.75, 3.05) is 6.61 Å². The van der Waals surface area contributed by atoms with Crippen LogP contribution in [0.3, 0.4) is 0 Å². The van der Waals surface area contributed by atoms with Gasteiger partial charge in [0.25, 0.3) is 0 Å². The number of carbonyl (C=O) groups is 1. The second-order valence-electron chi connectivity index (χ2n) is 7.10. The minimum Gasteiger partial charge on any atom is -0.507 e. The van der Waals surface area contributed by atoms with Crippen molar-refractivity contribution in [1.82, 2.24) is 0 Å². The highest BCUT2D eigenvalue weighted by molar-refractivity contribution is 5.79. The molecule has 22 heavy (non-hydrogen) atoms. The minimum absolute atomic E-state index is 0.177. The second-order valence-corrected chi connectivity index (χ2v) is 7.10. The molecule has 0 aromatic heterocycles. The molecule has 0 amide bonds. The van der Waals surface area contributed by atoms with Crippen molar-refractivity contribution in [1.29, 1.82) is 0 Å². The van der Waals surface area contributed by atoms with E-state index in [0.29, 0.717) is 12.4 Å². The number of phenols is 1. The Morgan fingerprint density at radius 3 is 2.36 bits per heavy atom. The molecule has 0 saturated heterocycles. The van der Waals surface area contributed by atoms with Crippen LogP contribution in [0.25, 0.3) is 0 Å². The van der Waals surface area contributed by atoms with Gasteiger partial charge in [0.2, 0.25) is 0 Å². The summed E-state index contributed by atoms with van der Waals surface area (Å²) in [4.78, 5) is 12.2. The lowest BCUT2D eigenvalue weighted by molar-refractivity contribution is -0.145. The van der Waals surface area contributed by atoms with E-state index in [4.69, 9.17) is 4.74 Å². The zero-order valence-electron chi connectivity index (χ0n) is 15.0. The lowest BCUT2D eigenvalue weighted by Gasteiger charge is -2.25. The zero-order chi connectivity index (χ0) is 17.1. The van der Waals surface area contributed by atoms with E-state index >= 15 is 0 Å². The number of ether oxygens (including phenoxy) is 1. The Morgan fingerprint density at radius 2 is 1.86 bits per heavy atom. The SMILES string of the molecule is CCCCOC(=O)C(C)c1cc(C(C)(C)C)c(O)c(C)c1C. The molecule has 3 nitrogen and oxygen atoms in total. The van der Waals surface area contributed by atoms with Gasteiger partial charge in [-0.15, -0.1) is 0 Å². The normalized spacial score (nSPS) is 13.0. The molecule has 124 valence electrons. The lowest BCUT2D eigenvalue weighted by atomic mass is 9.80. The number of hydrogen-bond acceptors (Lipinski definition) is 3. The first-order valence-corrected chi connectivity index (χ1v) is 8.11. The highest BCUT2D eigenvalue weighted by Crippen LogP contribution is 2.38. The number of benzene rings is 1. The highest BCUT2D eigenvalue weighted by Gasteiger charge is 2.26. The van der Waals surface area contributed by atoms with Crippen LogP contribution in [0, 0.1) is 13.8 Å². The van der Waals surface area contributed by atoms with Gasteiger partial charge in [0.05, 0.1) is 12.5 Å². The fourth-order valence-corrected chi connectivity index (χ4v) is 2.52. The molecule has 0 aliphatic rings. The molecule has 1 rings (SSSR count). The van der Waals surface area contributed by atoms with Crippen molar-refractivity contribution in [3.8, 4) is 5.75 Å². The van der Waals surface area contributed by atoms with Crippen LogP contribution < -0.4 is 0 Å². The number of unbranched alkanes of at least 4 members (excludes halogenated alkanes) is 1. The summed E-state index contributed by atoms with van der Waals surface area (Å²) in [6.45, 7) is 14.5. The summed E-state index contributed by atoms with van der Waals surface area (Å²) in [6, 6.07) is 1.96. The fraction of sp³-hybridized carbons (Fsp3) is 0.632. The van der Waals surface area contributed by atoms with E-state index in [9.17, 15) is 9.90 Å². The van der Waals surface area contributed by atoms with Crippen LogP contribution in [0.1, 0.15) is 75.6 Å². The third-order valence-corrected chi connectivity index (χ3v) is 4.28. The number of carbonyl (C=O) groups excluding carboxylic acids is 1. The standard InChI is InChI=1S/C19H30O3/c1-8-9-10-22-18(21)14(4)15-11-16(19(5,6)7)17(20)13(3)12(15)2/h11,14,20H,8-10H2,1-7H3. The first-order chi connectivity index (χ1) is 10.1. The van der Waals surface area contributed by atoms with Crippen molar-refractivity contribution in [3.05, 3.63) is 28.3 Å². The van der Waals surface area contributed by atoms with E-state index in [1.54, 1.807) is 0 Å². The first kappa shape index (κ1) is 18.5. The minimum atomic E-state index is -0.322. The van der Waals surface area contributed by atoms with Crippen LogP contribution in [0.5, 0.6) is 5.75 Å². The Kier molecular flexibility index (Phi) is 6.04. The van der Waals surface area contributed by atoms with Gasteiger partial charge in [-0.05, 0) is 54.9 Å². The maximum atomic E-state index is 12.2. The van der Waals surface area contributed by atoms with Gasteiger partial charge in [-0.3, -0.25) is 4.79 Å². The highest BCUT2D eigenvalue weighted by atomic mass is 16.5. The molecule has 0 heterocycles. The summed E-state index contributed by atoms with van der Waals surface area (Å²) < 4.78 is 5.35. The van der Waals surface area contributed by atoms with Gasteiger partial charge in [-0.2, -0.15) is 0 Å². The van der Waals surface area contributed by atoms with Crippen molar-refractivity contribution in [2.24, 2.45) is 0 Å². The molecule has 0 fully saturated rings. The van der Waals surface area contributed by atoms with Gasteiger partial charge >= 0.3 is 5.97 Å². The van der Waals surface area contributed by atoms with E-state index in [0.717, 1.165) is 35.1 Å². The van der Waals surface area contributed by atoms with Gasteiger partial charge in [-0.25, -0.2) is 0 Å². The van der Waals surface area contributed by atoms with Crippen molar-refractivity contribution < 1.29 is 14.6 Å². The van der Waals surface area contributed by atoms with E-state index in [1.165, 1.54) is 0 Å². The third kappa shape index (κ3) is 4.02. The van der Waals surface area contributed by atoms with Gasteiger partial charge in [0.15, 0.2) is 0 Å². The second kappa shape index (κ2) is 7.17. The summed E-state index contributed by atoms with van der Waals surface area (Å²) in [5, 5.41) is 10.4. The smallest absolute Gasteiger partial charge is 0.313 e. The fourth-order valence-electron chi connectivity index (χ4n) is 2.52. The van der Waals surface area contributed by atoms with E-state index in [-0.39, 0.29) is 17.3 Å². The lowest BCUT2D eigenvalue weighted by Crippen LogP contribution is -2.18. The molecular formula is C19H30O3. The number of hydrogen-bond donors (Lipinski definition) is 1. The summed E-state index contributed by atoms with van der Waals surface area (Å²) >= 11 is 0. The van der Waals surface area contributed by atoms with Gasteiger partial charge in [-0.1, -0.05) is 40.2 Å².